The number of ether oxygens (including phenoxy) is 1. The van der Waals surface area contributed by atoms with Crippen molar-refractivity contribution in [1.29, 1.82) is 0 Å². The second-order valence-electron chi connectivity index (χ2n) is 4.62. The molecule has 7 nitrogen and oxygen atoms in total. The minimum absolute atomic E-state index is 0.0433. The number of hydrogen-bond acceptors (Lipinski definition) is 5. The standard InChI is InChI=1S/C14H18N4O3/c1-10(11-3-5-12(21-2)6-4-11)15-7-8-18-9-13(14(19)20)16-17-18/h3-6,9-10,15H,7-8H2,1-2H3,(H,19,20)/t10-/m1/s1. The molecule has 1 aromatic heterocycles. The van der Waals surface area contributed by atoms with E-state index in [-0.39, 0.29) is 11.7 Å². The molecule has 0 saturated heterocycles. The van der Waals surface area contributed by atoms with Gasteiger partial charge in [-0.3, -0.25) is 4.68 Å². The summed E-state index contributed by atoms with van der Waals surface area (Å²) in [5.74, 6) is -0.240. The summed E-state index contributed by atoms with van der Waals surface area (Å²) < 4.78 is 6.63. The van der Waals surface area contributed by atoms with E-state index >= 15 is 0 Å². The zero-order valence-corrected chi connectivity index (χ0v) is 12.0. The Morgan fingerprint density at radius 3 is 2.71 bits per heavy atom. The molecule has 0 spiro atoms. The summed E-state index contributed by atoms with van der Waals surface area (Å²) in [5.41, 5.74) is 1.11. The van der Waals surface area contributed by atoms with E-state index in [1.165, 1.54) is 10.9 Å². The molecule has 112 valence electrons. The number of aromatic nitrogens is 3. The van der Waals surface area contributed by atoms with Crippen molar-refractivity contribution in [3.63, 3.8) is 0 Å². The van der Waals surface area contributed by atoms with Gasteiger partial charge >= 0.3 is 5.97 Å². The summed E-state index contributed by atoms with van der Waals surface area (Å²) in [6, 6.07) is 8.04. The normalized spacial score (nSPS) is 12.1. The summed E-state index contributed by atoms with van der Waals surface area (Å²) >= 11 is 0. The maximum Gasteiger partial charge on any atom is 0.358 e. The summed E-state index contributed by atoms with van der Waals surface area (Å²) in [5, 5.41) is 19.4. The number of hydrogen-bond donors (Lipinski definition) is 2. The van der Waals surface area contributed by atoms with Crippen molar-refractivity contribution in [3.8, 4) is 5.75 Å². The lowest BCUT2D eigenvalue weighted by Crippen LogP contribution is -2.23. The summed E-state index contributed by atoms with van der Waals surface area (Å²) in [6.07, 6.45) is 1.42. The van der Waals surface area contributed by atoms with Crippen molar-refractivity contribution in [3.05, 3.63) is 41.7 Å². The molecule has 0 aliphatic heterocycles. The van der Waals surface area contributed by atoms with Gasteiger partial charge in [0.25, 0.3) is 0 Å². The van der Waals surface area contributed by atoms with E-state index in [2.05, 4.69) is 22.6 Å². The first kappa shape index (κ1) is 15.0. The van der Waals surface area contributed by atoms with E-state index < -0.39 is 5.97 Å². The first-order chi connectivity index (χ1) is 10.1. The van der Waals surface area contributed by atoms with Crippen molar-refractivity contribution >= 4 is 5.97 Å². The number of carboxylic acids is 1. The second kappa shape index (κ2) is 6.85. The number of methoxy groups -OCH3 is 1. The number of rotatable bonds is 7. The molecule has 1 aromatic carbocycles. The molecule has 0 bridgehead atoms. The molecule has 0 radical (unpaired) electrons. The maximum absolute atomic E-state index is 10.7. The Morgan fingerprint density at radius 1 is 1.43 bits per heavy atom. The van der Waals surface area contributed by atoms with E-state index in [1.54, 1.807) is 7.11 Å². The lowest BCUT2D eigenvalue weighted by Gasteiger charge is -2.14. The Morgan fingerprint density at radius 2 is 2.14 bits per heavy atom. The average molecular weight is 290 g/mol. The highest BCUT2D eigenvalue weighted by Gasteiger charge is 2.08. The number of carboxylic acid groups (broad SMARTS) is 1. The van der Waals surface area contributed by atoms with Gasteiger partial charge in [-0.1, -0.05) is 17.3 Å². The fourth-order valence-corrected chi connectivity index (χ4v) is 1.91. The minimum atomic E-state index is -1.07. The van der Waals surface area contributed by atoms with Gasteiger partial charge in [-0.05, 0) is 24.6 Å². The molecule has 21 heavy (non-hydrogen) atoms. The topological polar surface area (TPSA) is 89.3 Å². The van der Waals surface area contributed by atoms with Crippen molar-refractivity contribution in [1.82, 2.24) is 20.3 Å². The molecule has 0 saturated carbocycles. The molecule has 0 fully saturated rings. The van der Waals surface area contributed by atoms with Crippen molar-refractivity contribution < 1.29 is 14.6 Å². The van der Waals surface area contributed by atoms with Gasteiger partial charge < -0.3 is 15.2 Å². The van der Waals surface area contributed by atoms with Crippen LogP contribution in [-0.2, 0) is 6.54 Å². The molecule has 1 heterocycles. The lowest BCUT2D eigenvalue weighted by atomic mass is 10.1. The zero-order chi connectivity index (χ0) is 15.2. The van der Waals surface area contributed by atoms with Crippen molar-refractivity contribution in [2.24, 2.45) is 0 Å². The summed E-state index contributed by atoms with van der Waals surface area (Å²) in [7, 11) is 1.64. The Hall–Kier alpha value is -2.41. The molecule has 2 N–H and O–H groups in total. The van der Waals surface area contributed by atoms with Crippen LogP contribution in [-0.4, -0.2) is 39.7 Å². The van der Waals surface area contributed by atoms with E-state index in [0.717, 1.165) is 11.3 Å². The largest absolute Gasteiger partial charge is 0.497 e. The Labute approximate surface area is 122 Å². The Balaban J connectivity index is 1.82. The predicted octanol–water partition coefficient (Wildman–Crippen LogP) is 1.34. The highest BCUT2D eigenvalue weighted by Crippen LogP contribution is 2.16. The van der Waals surface area contributed by atoms with Crippen molar-refractivity contribution in [2.45, 2.75) is 19.5 Å². The lowest BCUT2D eigenvalue weighted by molar-refractivity contribution is 0.0690. The fraction of sp³-hybridized carbons (Fsp3) is 0.357. The van der Waals surface area contributed by atoms with Gasteiger partial charge in [0.15, 0.2) is 5.69 Å². The van der Waals surface area contributed by atoms with E-state index in [4.69, 9.17) is 9.84 Å². The van der Waals surface area contributed by atoms with Crippen LogP contribution in [0, 0.1) is 0 Å². The first-order valence-electron chi connectivity index (χ1n) is 6.61. The van der Waals surface area contributed by atoms with Crippen LogP contribution in [0.5, 0.6) is 5.75 Å². The van der Waals surface area contributed by atoms with Gasteiger partial charge in [0.2, 0.25) is 0 Å². The van der Waals surface area contributed by atoms with Gasteiger partial charge in [-0.15, -0.1) is 5.10 Å². The maximum atomic E-state index is 10.7. The molecule has 7 heteroatoms. The molecule has 2 aromatic rings. The molecule has 0 aliphatic rings. The molecule has 2 rings (SSSR count). The van der Waals surface area contributed by atoms with Crippen LogP contribution < -0.4 is 10.1 Å². The van der Waals surface area contributed by atoms with E-state index in [0.29, 0.717) is 13.1 Å². The number of nitrogens with zero attached hydrogens (tertiary/aromatic N) is 3. The summed E-state index contributed by atoms with van der Waals surface area (Å²) in [4.78, 5) is 10.7. The van der Waals surface area contributed by atoms with Gasteiger partial charge in [0.05, 0.1) is 19.9 Å². The van der Waals surface area contributed by atoms with Crippen LogP contribution in [0.1, 0.15) is 29.0 Å². The second-order valence-corrected chi connectivity index (χ2v) is 4.62. The third-order valence-electron chi connectivity index (χ3n) is 3.16. The molecular weight excluding hydrogens is 272 g/mol. The third-order valence-corrected chi connectivity index (χ3v) is 3.16. The average Bonchev–Trinajstić information content (AvgIpc) is 2.96. The van der Waals surface area contributed by atoms with E-state index in [9.17, 15) is 4.79 Å². The third kappa shape index (κ3) is 4.03. The van der Waals surface area contributed by atoms with Gasteiger partial charge in [-0.25, -0.2) is 4.79 Å². The van der Waals surface area contributed by atoms with Crippen LogP contribution in [0.4, 0.5) is 0 Å². The monoisotopic (exact) mass is 290 g/mol. The van der Waals surface area contributed by atoms with Gasteiger partial charge in [0.1, 0.15) is 5.75 Å². The van der Waals surface area contributed by atoms with Crippen LogP contribution >= 0.6 is 0 Å². The number of nitrogens with one attached hydrogen (secondary N) is 1. The summed E-state index contributed by atoms with van der Waals surface area (Å²) in [6.45, 7) is 3.28. The van der Waals surface area contributed by atoms with Crippen LogP contribution in [0.15, 0.2) is 30.5 Å². The smallest absolute Gasteiger partial charge is 0.358 e. The Bertz CT molecular complexity index is 595. The fourth-order valence-electron chi connectivity index (χ4n) is 1.91. The zero-order valence-electron chi connectivity index (χ0n) is 12.0. The first-order valence-corrected chi connectivity index (χ1v) is 6.61. The molecular formula is C14H18N4O3. The Kier molecular flexibility index (Phi) is 4.89. The number of benzene rings is 1. The van der Waals surface area contributed by atoms with Gasteiger partial charge in [-0.2, -0.15) is 0 Å². The van der Waals surface area contributed by atoms with E-state index in [1.807, 2.05) is 24.3 Å². The number of aromatic carboxylic acids is 1. The SMILES string of the molecule is COc1ccc([C@@H](C)NCCn2cc(C(=O)O)nn2)cc1. The van der Waals surface area contributed by atoms with Crippen LogP contribution in [0.2, 0.25) is 0 Å². The van der Waals surface area contributed by atoms with Crippen molar-refractivity contribution in [2.75, 3.05) is 13.7 Å². The van der Waals surface area contributed by atoms with Crippen LogP contribution in [0.25, 0.3) is 0 Å². The molecule has 1 atom stereocenters. The van der Waals surface area contributed by atoms with Crippen LogP contribution in [0.3, 0.4) is 0 Å². The molecule has 0 amide bonds. The molecule has 0 unspecified atom stereocenters. The highest BCUT2D eigenvalue weighted by molar-refractivity contribution is 5.84. The quantitative estimate of drug-likeness (QED) is 0.799. The van der Waals surface area contributed by atoms with Gasteiger partial charge in [0, 0.05) is 12.6 Å². The number of carbonyl (C=O) groups is 1. The minimum Gasteiger partial charge on any atom is -0.497 e. The highest BCUT2D eigenvalue weighted by atomic mass is 16.5. The predicted molar refractivity (Wildman–Crippen MR) is 76.4 cm³/mol. The molecule has 0 aliphatic carbocycles.